The van der Waals surface area contributed by atoms with Crippen molar-refractivity contribution < 1.29 is 9.53 Å². The second-order valence-corrected chi connectivity index (χ2v) is 7.77. The first-order valence-electron chi connectivity index (χ1n) is 9.31. The summed E-state index contributed by atoms with van der Waals surface area (Å²) in [4.78, 5) is 15.0. The van der Waals surface area contributed by atoms with Gasteiger partial charge in [-0.05, 0) is 34.5 Å². The number of benzene rings is 3. The first kappa shape index (κ1) is 21.9. The van der Waals surface area contributed by atoms with E-state index >= 15 is 0 Å². The fraction of sp³-hybridized carbons (Fsp3) is 0.217. The third-order valence-electron chi connectivity index (χ3n) is 5.08. The van der Waals surface area contributed by atoms with Crippen molar-refractivity contribution in [3.05, 3.63) is 75.3 Å². The monoisotopic (exact) mass is 441 g/mol. The highest BCUT2D eigenvalue weighted by Crippen LogP contribution is 2.33. The summed E-state index contributed by atoms with van der Waals surface area (Å²) in [6, 6.07) is 16.6. The molecular weight excluding hydrogens is 421 g/mol. The van der Waals surface area contributed by atoms with Gasteiger partial charge in [0.1, 0.15) is 11.8 Å². The van der Waals surface area contributed by atoms with Gasteiger partial charge in [-0.15, -0.1) is 0 Å². The third-order valence-corrected chi connectivity index (χ3v) is 5.82. The van der Waals surface area contributed by atoms with E-state index in [1.165, 1.54) is 7.11 Å². The molecule has 7 heteroatoms. The van der Waals surface area contributed by atoms with E-state index in [1.54, 1.807) is 30.1 Å². The molecule has 30 heavy (non-hydrogen) atoms. The Morgan fingerprint density at radius 2 is 1.93 bits per heavy atom. The summed E-state index contributed by atoms with van der Waals surface area (Å²) in [7, 11) is 3.16. The molecule has 1 unspecified atom stereocenters. The molecule has 3 aromatic rings. The van der Waals surface area contributed by atoms with Crippen LogP contribution in [-0.4, -0.2) is 38.1 Å². The molecule has 0 bridgehead atoms. The summed E-state index contributed by atoms with van der Waals surface area (Å²) in [6.07, 6.45) is 0. The van der Waals surface area contributed by atoms with Gasteiger partial charge in [0.25, 0.3) is 5.91 Å². The summed E-state index contributed by atoms with van der Waals surface area (Å²) < 4.78 is 5.46. The third kappa shape index (κ3) is 4.22. The van der Waals surface area contributed by atoms with Crippen LogP contribution in [0.5, 0.6) is 5.75 Å². The minimum absolute atomic E-state index is 0.134. The molecule has 1 atom stereocenters. The van der Waals surface area contributed by atoms with Gasteiger partial charge in [-0.1, -0.05) is 53.5 Å². The average molecular weight is 442 g/mol. The normalized spacial score (nSPS) is 11.7. The number of carbonyl (C=O) groups is 1. The molecule has 0 spiro atoms. The summed E-state index contributed by atoms with van der Waals surface area (Å²) in [6.45, 7) is 0.688. The molecule has 2 N–H and O–H groups in total. The molecule has 154 valence electrons. The number of hydrogen-bond acceptors (Lipinski definition) is 4. The van der Waals surface area contributed by atoms with E-state index < -0.39 is 0 Å². The molecule has 5 nitrogen and oxygen atoms in total. The average Bonchev–Trinajstić information content (AvgIpc) is 2.77. The molecule has 0 saturated heterocycles. The number of rotatable bonds is 6. The highest BCUT2D eigenvalue weighted by molar-refractivity contribution is 6.42. The quantitative estimate of drug-likeness (QED) is 0.593. The van der Waals surface area contributed by atoms with Crippen LogP contribution < -0.4 is 10.5 Å². The van der Waals surface area contributed by atoms with Crippen molar-refractivity contribution in [3.63, 3.8) is 0 Å². The van der Waals surface area contributed by atoms with Crippen LogP contribution in [0.2, 0.25) is 10.0 Å². The lowest BCUT2D eigenvalue weighted by atomic mass is 9.96. The Morgan fingerprint density at radius 1 is 1.20 bits per heavy atom. The Kier molecular flexibility index (Phi) is 6.84. The molecule has 3 aromatic carbocycles. The maximum atomic E-state index is 13.5. The van der Waals surface area contributed by atoms with Crippen molar-refractivity contribution in [3.8, 4) is 11.8 Å². The van der Waals surface area contributed by atoms with Gasteiger partial charge in [-0.2, -0.15) is 5.26 Å². The Morgan fingerprint density at radius 3 is 2.57 bits per heavy atom. The zero-order valence-corrected chi connectivity index (χ0v) is 18.2. The van der Waals surface area contributed by atoms with Crippen molar-refractivity contribution in [1.29, 1.82) is 5.26 Å². The number of nitrogens with two attached hydrogens (primary N) is 1. The van der Waals surface area contributed by atoms with Gasteiger partial charge >= 0.3 is 0 Å². The second kappa shape index (κ2) is 9.36. The van der Waals surface area contributed by atoms with Crippen molar-refractivity contribution in [2.45, 2.75) is 5.92 Å². The van der Waals surface area contributed by atoms with E-state index in [2.05, 4.69) is 6.07 Å². The number of nitrogens with zero attached hydrogens (tertiary/aromatic N) is 2. The van der Waals surface area contributed by atoms with Crippen LogP contribution in [0.1, 0.15) is 27.4 Å². The standard InChI is InChI=1S/C23H21Cl2N3O2/c1-28(13-17(12-27)14-7-8-19(24)20(25)10-14)23(29)21-18-6-4-3-5-15(18)9-16(11-26)22(21)30-2/h3-10,17H,12-13,27H2,1-2H3. The fourth-order valence-corrected chi connectivity index (χ4v) is 3.83. The molecular formula is C23H21Cl2N3O2. The predicted octanol–water partition coefficient (Wildman–Crippen LogP) is 4.84. The maximum Gasteiger partial charge on any atom is 0.258 e. The number of ether oxygens (including phenoxy) is 1. The zero-order chi connectivity index (χ0) is 21.8. The largest absolute Gasteiger partial charge is 0.495 e. The highest BCUT2D eigenvalue weighted by Gasteiger charge is 2.25. The molecule has 0 aliphatic heterocycles. The number of halogens is 2. The Bertz CT molecular complexity index is 1140. The van der Waals surface area contributed by atoms with Crippen LogP contribution in [0.15, 0.2) is 48.5 Å². The molecule has 0 heterocycles. The van der Waals surface area contributed by atoms with Gasteiger partial charge in [0.05, 0.1) is 28.3 Å². The van der Waals surface area contributed by atoms with E-state index in [9.17, 15) is 10.1 Å². The molecule has 3 rings (SSSR count). The lowest BCUT2D eigenvalue weighted by Crippen LogP contribution is -2.34. The van der Waals surface area contributed by atoms with Crippen LogP contribution in [0.4, 0.5) is 0 Å². The molecule has 0 radical (unpaired) electrons. The van der Waals surface area contributed by atoms with Gasteiger partial charge < -0.3 is 15.4 Å². The number of amides is 1. The summed E-state index contributed by atoms with van der Waals surface area (Å²) in [5, 5.41) is 12.0. The van der Waals surface area contributed by atoms with Crippen LogP contribution in [0.25, 0.3) is 10.8 Å². The maximum absolute atomic E-state index is 13.5. The van der Waals surface area contributed by atoms with Crippen LogP contribution in [0.3, 0.4) is 0 Å². The van der Waals surface area contributed by atoms with E-state index in [-0.39, 0.29) is 17.6 Å². The van der Waals surface area contributed by atoms with Crippen molar-refractivity contribution in [1.82, 2.24) is 4.90 Å². The zero-order valence-electron chi connectivity index (χ0n) is 16.7. The Labute approximate surface area is 185 Å². The fourth-order valence-electron chi connectivity index (χ4n) is 3.52. The lowest BCUT2D eigenvalue weighted by molar-refractivity contribution is 0.0786. The number of carbonyl (C=O) groups excluding carboxylic acids is 1. The number of nitriles is 1. The van der Waals surface area contributed by atoms with Gasteiger partial charge in [-0.3, -0.25) is 4.79 Å². The van der Waals surface area contributed by atoms with Crippen LogP contribution in [-0.2, 0) is 0 Å². The minimum Gasteiger partial charge on any atom is -0.495 e. The topological polar surface area (TPSA) is 79.3 Å². The van der Waals surface area contributed by atoms with Crippen molar-refractivity contribution in [2.75, 3.05) is 27.2 Å². The lowest BCUT2D eigenvalue weighted by Gasteiger charge is -2.25. The predicted molar refractivity (Wildman–Crippen MR) is 120 cm³/mol. The molecule has 0 aliphatic carbocycles. The smallest absolute Gasteiger partial charge is 0.258 e. The first-order valence-corrected chi connectivity index (χ1v) is 10.1. The number of likely N-dealkylation sites (N-methyl/N-ethyl adjacent to an activating group) is 1. The Balaban J connectivity index is 2.00. The van der Waals surface area contributed by atoms with E-state index in [0.29, 0.717) is 34.3 Å². The SMILES string of the molecule is COc1c(C#N)cc2ccccc2c1C(=O)N(C)CC(CN)c1ccc(Cl)c(Cl)c1. The van der Waals surface area contributed by atoms with E-state index in [1.807, 2.05) is 30.3 Å². The van der Waals surface area contributed by atoms with Gasteiger partial charge in [0.15, 0.2) is 0 Å². The molecule has 0 aromatic heterocycles. The first-order chi connectivity index (χ1) is 14.4. The van der Waals surface area contributed by atoms with Crippen molar-refractivity contribution >= 4 is 39.9 Å². The van der Waals surface area contributed by atoms with Gasteiger partial charge in [0, 0.05) is 26.1 Å². The number of hydrogen-bond donors (Lipinski definition) is 1. The molecule has 0 fully saturated rings. The number of fused-ring (bicyclic) bond motifs is 1. The van der Waals surface area contributed by atoms with Crippen LogP contribution in [0, 0.1) is 11.3 Å². The highest BCUT2D eigenvalue weighted by atomic mass is 35.5. The van der Waals surface area contributed by atoms with Gasteiger partial charge in [-0.25, -0.2) is 0 Å². The summed E-state index contributed by atoms with van der Waals surface area (Å²) in [5.74, 6) is -0.115. The molecule has 0 aliphatic rings. The van der Waals surface area contributed by atoms with Crippen molar-refractivity contribution in [2.24, 2.45) is 5.73 Å². The summed E-state index contributed by atoms with van der Waals surface area (Å²) in [5.41, 5.74) is 7.56. The summed E-state index contributed by atoms with van der Waals surface area (Å²) >= 11 is 12.2. The van der Waals surface area contributed by atoms with E-state index in [0.717, 1.165) is 16.3 Å². The van der Waals surface area contributed by atoms with Crippen LogP contribution >= 0.6 is 23.2 Å². The molecule has 0 saturated carbocycles. The second-order valence-electron chi connectivity index (χ2n) is 6.96. The number of methoxy groups -OCH3 is 1. The van der Waals surface area contributed by atoms with Gasteiger partial charge in [0.2, 0.25) is 0 Å². The Hall–Kier alpha value is -2.78. The molecule has 1 amide bonds. The minimum atomic E-state index is -0.251. The van der Waals surface area contributed by atoms with E-state index in [4.69, 9.17) is 33.7 Å².